The molecule has 0 spiro atoms. The van der Waals surface area contributed by atoms with Gasteiger partial charge in [0, 0.05) is 5.56 Å². The van der Waals surface area contributed by atoms with E-state index in [1.807, 2.05) is 0 Å². The molecule has 4 heteroatoms. The maximum atomic E-state index is 13.2. The number of benzene rings is 1. The van der Waals surface area contributed by atoms with E-state index in [4.69, 9.17) is 0 Å². The molecule has 0 fully saturated rings. The maximum absolute atomic E-state index is 13.2. The fourth-order valence-electron chi connectivity index (χ4n) is 1.09. The molecule has 76 valence electrons. The van der Waals surface area contributed by atoms with Gasteiger partial charge in [0.25, 0.3) is 0 Å². The SMILES string of the molecule is COC(=O)C(O)c1ccc(C)cc1F. The molecule has 1 atom stereocenters. The van der Waals surface area contributed by atoms with E-state index in [0.717, 1.165) is 12.7 Å². The van der Waals surface area contributed by atoms with Crippen molar-refractivity contribution in [2.24, 2.45) is 0 Å². The molecule has 0 aliphatic heterocycles. The lowest BCUT2D eigenvalue weighted by atomic mass is 10.1. The van der Waals surface area contributed by atoms with E-state index >= 15 is 0 Å². The molecule has 1 rings (SSSR count). The van der Waals surface area contributed by atoms with E-state index in [1.165, 1.54) is 12.1 Å². The Morgan fingerprint density at radius 2 is 2.21 bits per heavy atom. The Morgan fingerprint density at radius 3 is 2.71 bits per heavy atom. The number of aliphatic hydroxyl groups excluding tert-OH is 1. The Kier molecular flexibility index (Phi) is 3.19. The monoisotopic (exact) mass is 198 g/mol. The van der Waals surface area contributed by atoms with Crippen molar-refractivity contribution < 1.29 is 19.0 Å². The largest absolute Gasteiger partial charge is 0.467 e. The smallest absolute Gasteiger partial charge is 0.339 e. The summed E-state index contributed by atoms with van der Waals surface area (Å²) < 4.78 is 17.5. The molecule has 14 heavy (non-hydrogen) atoms. The molecule has 0 amide bonds. The van der Waals surface area contributed by atoms with Crippen molar-refractivity contribution in [1.29, 1.82) is 0 Å². The van der Waals surface area contributed by atoms with Crippen LogP contribution in [0.5, 0.6) is 0 Å². The fourth-order valence-corrected chi connectivity index (χ4v) is 1.09. The summed E-state index contributed by atoms with van der Waals surface area (Å²) in [7, 11) is 1.14. The third kappa shape index (κ3) is 2.09. The normalized spacial score (nSPS) is 12.3. The number of aryl methyl sites for hydroxylation is 1. The van der Waals surface area contributed by atoms with Crippen LogP contribution in [0.1, 0.15) is 17.2 Å². The molecule has 0 saturated carbocycles. The molecule has 3 nitrogen and oxygen atoms in total. The van der Waals surface area contributed by atoms with Crippen LogP contribution < -0.4 is 0 Å². The van der Waals surface area contributed by atoms with E-state index in [1.54, 1.807) is 13.0 Å². The highest BCUT2D eigenvalue weighted by Crippen LogP contribution is 2.18. The fraction of sp³-hybridized carbons (Fsp3) is 0.300. The van der Waals surface area contributed by atoms with E-state index in [0.29, 0.717) is 0 Å². The first-order valence-corrected chi connectivity index (χ1v) is 4.08. The van der Waals surface area contributed by atoms with Gasteiger partial charge in [-0.3, -0.25) is 0 Å². The Morgan fingerprint density at radius 1 is 1.57 bits per heavy atom. The lowest BCUT2D eigenvalue weighted by Gasteiger charge is -2.09. The molecular formula is C10H11FO3. The molecule has 0 aromatic heterocycles. The molecule has 1 N–H and O–H groups in total. The van der Waals surface area contributed by atoms with Gasteiger partial charge in [0.1, 0.15) is 5.82 Å². The van der Waals surface area contributed by atoms with Crippen molar-refractivity contribution >= 4 is 5.97 Å². The summed E-state index contributed by atoms with van der Waals surface area (Å²) >= 11 is 0. The molecule has 0 heterocycles. The summed E-state index contributed by atoms with van der Waals surface area (Å²) in [6.07, 6.45) is -1.56. The first-order valence-electron chi connectivity index (χ1n) is 4.08. The highest BCUT2D eigenvalue weighted by Gasteiger charge is 2.21. The molecule has 1 unspecified atom stereocenters. The number of rotatable bonds is 2. The van der Waals surface area contributed by atoms with Crippen molar-refractivity contribution in [3.05, 3.63) is 35.1 Å². The van der Waals surface area contributed by atoms with Crippen molar-refractivity contribution in [2.45, 2.75) is 13.0 Å². The Balaban J connectivity index is 3.01. The van der Waals surface area contributed by atoms with Crippen LogP contribution in [0.2, 0.25) is 0 Å². The predicted octanol–water partition coefficient (Wildman–Crippen LogP) is 1.34. The number of carbonyl (C=O) groups excluding carboxylic acids is 1. The van der Waals surface area contributed by atoms with Gasteiger partial charge in [-0.15, -0.1) is 0 Å². The predicted molar refractivity (Wildman–Crippen MR) is 48.1 cm³/mol. The lowest BCUT2D eigenvalue weighted by Crippen LogP contribution is -2.14. The average Bonchev–Trinajstić information content (AvgIpc) is 2.15. The molecule has 1 aromatic carbocycles. The minimum atomic E-state index is -1.56. The Labute approximate surface area is 81.1 Å². The standard InChI is InChI=1S/C10H11FO3/c1-6-3-4-7(8(11)5-6)9(12)10(13)14-2/h3-5,9,12H,1-2H3. The quantitative estimate of drug-likeness (QED) is 0.729. The second-order valence-electron chi connectivity index (χ2n) is 2.95. The average molecular weight is 198 g/mol. The van der Waals surface area contributed by atoms with Crippen LogP contribution in [0, 0.1) is 12.7 Å². The number of methoxy groups -OCH3 is 1. The summed E-state index contributed by atoms with van der Waals surface area (Å²) in [5.74, 6) is -1.48. The van der Waals surface area contributed by atoms with Gasteiger partial charge in [0.05, 0.1) is 7.11 Å². The van der Waals surface area contributed by atoms with Crippen LogP contribution in [-0.2, 0) is 9.53 Å². The molecule has 1 aromatic rings. The van der Waals surface area contributed by atoms with Crippen LogP contribution >= 0.6 is 0 Å². The van der Waals surface area contributed by atoms with Crippen LogP contribution in [0.3, 0.4) is 0 Å². The minimum absolute atomic E-state index is 0.0672. The van der Waals surface area contributed by atoms with Gasteiger partial charge in [0.2, 0.25) is 0 Å². The van der Waals surface area contributed by atoms with Crippen molar-refractivity contribution in [1.82, 2.24) is 0 Å². The highest BCUT2D eigenvalue weighted by atomic mass is 19.1. The third-order valence-electron chi connectivity index (χ3n) is 1.87. The maximum Gasteiger partial charge on any atom is 0.339 e. The molecule has 0 saturated heterocycles. The second-order valence-corrected chi connectivity index (χ2v) is 2.95. The number of carbonyl (C=O) groups is 1. The van der Waals surface area contributed by atoms with Crippen LogP contribution in [0.15, 0.2) is 18.2 Å². The van der Waals surface area contributed by atoms with Crippen LogP contribution in [0.4, 0.5) is 4.39 Å². The van der Waals surface area contributed by atoms with Gasteiger partial charge in [-0.1, -0.05) is 12.1 Å². The van der Waals surface area contributed by atoms with E-state index < -0.39 is 17.9 Å². The zero-order valence-corrected chi connectivity index (χ0v) is 7.95. The first kappa shape index (κ1) is 10.7. The van der Waals surface area contributed by atoms with Crippen molar-refractivity contribution in [2.75, 3.05) is 7.11 Å². The summed E-state index contributed by atoms with van der Waals surface area (Å²) in [6.45, 7) is 1.72. The Hall–Kier alpha value is -1.42. The van der Waals surface area contributed by atoms with Crippen LogP contribution in [0.25, 0.3) is 0 Å². The topological polar surface area (TPSA) is 46.5 Å². The highest BCUT2D eigenvalue weighted by molar-refractivity contribution is 5.76. The number of aliphatic hydroxyl groups is 1. The van der Waals surface area contributed by atoms with Gasteiger partial charge < -0.3 is 9.84 Å². The van der Waals surface area contributed by atoms with Gasteiger partial charge in [-0.25, -0.2) is 9.18 Å². The molecule has 0 radical (unpaired) electrons. The minimum Gasteiger partial charge on any atom is -0.467 e. The zero-order valence-electron chi connectivity index (χ0n) is 7.95. The van der Waals surface area contributed by atoms with Gasteiger partial charge in [-0.05, 0) is 18.6 Å². The number of ether oxygens (including phenoxy) is 1. The lowest BCUT2D eigenvalue weighted by molar-refractivity contribution is -0.150. The van der Waals surface area contributed by atoms with E-state index in [-0.39, 0.29) is 5.56 Å². The molecule has 0 bridgehead atoms. The first-order chi connectivity index (χ1) is 6.56. The molecule has 0 aliphatic carbocycles. The zero-order chi connectivity index (χ0) is 10.7. The van der Waals surface area contributed by atoms with Crippen LogP contribution in [-0.4, -0.2) is 18.2 Å². The van der Waals surface area contributed by atoms with Gasteiger partial charge >= 0.3 is 5.97 Å². The summed E-state index contributed by atoms with van der Waals surface area (Å²) in [4.78, 5) is 10.9. The number of esters is 1. The summed E-state index contributed by atoms with van der Waals surface area (Å²) in [5.41, 5.74) is 0.658. The number of hydrogen-bond donors (Lipinski definition) is 1. The van der Waals surface area contributed by atoms with E-state index in [2.05, 4.69) is 4.74 Å². The summed E-state index contributed by atoms with van der Waals surface area (Å²) in [6, 6.07) is 4.23. The second kappa shape index (κ2) is 4.19. The number of halogens is 1. The van der Waals surface area contributed by atoms with E-state index in [9.17, 15) is 14.3 Å². The summed E-state index contributed by atoms with van der Waals surface area (Å²) in [5, 5.41) is 9.35. The van der Waals surface area contributed by atoms with Crippen molar-refractivity contribution in [3.63, 3.8) is 0 Å². The van der Waals surface area contributed by atoms with Crippen molar-refractivity contribution in [3.8, 4) is 0 Å². The molecular weight excluding hydrogens is 187 g/mol. The number of hydrogen-bond acceptors (Lipinski definition) is 3. The van der Waals surface area contributed by atoms with Gasteiger partial charge in [-0.2, -0.15) is 0 Å². The van der Waals surface area contributed by atoms with Gasteiger partial charge in [0.15, 0.2) is 6.10 Å². The molecule has 0 aliphatic rings. The Bertz CT molecular complexity index is 349. The third-order valence-corrected chi connectivity index (χ3v) is 1.87.